The molecule has 4 aliphatic heterocycles. The molecular formula is C58H66FN9O6. The molecule has 3 N–H and O–H groups in total. The fourth-order valence-electron chi connectivity index (χ4n) is 10.8. The fourth-order valence-corrected chi connectivity index (χ4v) is 10.8. The van der Waals surface area contributed by atoms with Crippen molar-refractivity contribution in [1.29, 1.82) is 0 Å². The number of anilines is 1. The largest absolute Gasteiger partial charge is 0.376 e. The maximum absolute atomic E-state index is 15.1. The lowest BCUT2D eigenvalue weighted by Gasteiger charge is -2.43. The zero-order valence-electron chi connectivity index (χ0n) is 42.4. The number of carbonyl (C=O) groups is 3. The standard InChI is InChI=1S/C58H66FN9O6/c1-3-40-9-7-11-43(29-40)44-32-52(62-58(37-73-38-58)36-60-33-42-10-6-8-39(2)28-42)54(61-34-44)57(72)67-22-18-46(19-23-67)74-45-16-20-65(21-17-45)35-53(69)66-24-26-68(27-25-66)56(71)49-30-41(14-15-50(49)59)31-51-47-12-4-5-13-48(47)55(70)64-63-51/h4-15,28-30,32,34,45-46,60,62H,3,16-27,31,33,35-38H2,1-2H3,(H,64,70). The van der Waals surface area contributed by atoms with Crippen LogP contribution in [-0.2, 0) is 33.7 Å². The Balaban J connectivity index is 0.685. The van der Waals surface area contributed by atoms with Gasteiger partial charge in [-0.3, -0.25) is 24.1 Å². The number of aromatic amines is 1. The summed E-state index contributed by atoms with van der Waals surface area (Å²) >= 11 is 0. The fraction of sp³-hybridized carbons (Fsp3) is 0.414. The van der Waals surface area contributed by atoms with E-state index >= 15 is 4.39 Å². The average molecular weight is 1000 g/mol. The second-order valence-corrected chi connectivity index (χ2v) is 20.5. The number of aromatic nitrogens is 3. The van der Waals surface area contributed by atoms with Gasteiger partial charge in [0.05, 0.1) is 59.8 Å². The summed E-state index contributed by atoms with van der Waals surface area (Å²) in [7, 11) is 0. The quantitative estimate of drug-likeness (QED) is 0.0954. The number of fused-ring (bicyclic) bond motifs is 1. The summed E-state index contributed by atoms with van der Waals surface area (Å²) in [6, 6.07) is 30.7. The summed E-state index contributed by atoms with van der Waals surface area (Å²) in [6.07, 6.45) is 6.24. The molecule has 15 nitrogen and oxygen atoms in total. The van der Waals surface area contributed by atoms with Crippen LogP contribution in [0.5, 0.6) is 0 Å². The van der Waals surface area contributed by atoms with Crippen LogP contribution in [0.15, 0.2) is 108 Å². The lowest BCUT2D eigenvalue weighted by atomic mass is 9.95. The van der Waals surface area contributed by atoms with Crippen LogP contribution in [0.1, 0.15) is 81.4 Å². The first-order valence-corrected chi connectivity index (χ1v) is 26.2. The van der Waals surface area contributed by atoms with Crippen LogP contribution < -0.4 is 16.2 Å². The highest BCUT2D eigenvalue weighted by Gasteiger charge is 2.40. The van der Waals surface area contributed by atoms with Gasteiger partial charge in [-0.25, -0.2) is 14.5 Å². The van der Waals surface area contributed by atoms with E-state index in [1.54, 1.807) is 34.1 Å². The van der Waals surface area contributed by atoms with E-state index in [0.29, 0.717) is 105 Å². The van der Waals surface area contributed by atoms with Crippen molar-refractivity contribution in [3.8, 4) is 11.1 Å². The minimum Gasteiger partial charge on any atom is -0.376 e. The number of ether oxygens (including phenoxy) is 2. The molecule has 2 aromatic heterocycles. The van der Waals surface area contributed by atoms with Crippen molar-refractivity contribution in [2.45, 2.75) is 76.7 Å². The zero-order chi connectivity index (χ0) is 51.2. The van der Waals surface area contributed by atoms with Gasteiger partial charge < -0.3 is 34.8 Å². The van der Waals surface area contributed by atoms with Crippen molar-refractivity contribution in [1.82, 2.24) is 40.1 Å². The Hall–Kier alpha value is -6.85. The molecule has 6 heterocycles. The highest BCUT2D eigenvalue weighted by molar-refractivity contribution is 5.99. The number of piperazine rings is 1. The number of amides is 3. The van der Waals surface area contributed by atoms with Gasteiger partial charge in [0, 0.05) is 89.0 Å². The molecule has 4 aliphatic rings. The van der Waals surface area contributed by atoms with Gasteiger partial charge >= 0.3 is 0 Å². The number of nitrogens with one attached hydrogen (secondary N) is 3. The van der Waals surface area contributed by atoms with Crippen LogP contribution in [0.2, 0.25) is 0 Å². The van der Waals surface area contributed by atoms with Crippen molar-refractivity contribution in [2.24, 2.45) is 0 Å². The maximum atomic E-state index is 15.1. The Morgan fingerprint density at radius 3 is 2.19 bits per heavy atom. The van der Waals surface area contributed by atoms with E-state index in [4.69, 9.17) is 14.5 Å². The molecule has 0 spiro atoms. The average Bonchev–Trinajstić information content (AvgIpc) is 3.42. The SMILES string of the molecule is CCc1cccc(-c2cnc(C(=O)N3CCC(OC4CCN(CC(=O)N5CCN(C(=O)c6cc(Cc7n[nH]c(=O)c8ccccc78)ccc6F)CC5)CC4)CC3)c(NC3(CNCc4cccc(C)c4)COC3)c2)c1. The molecular weight excluding hydrogens is 938 g/mol. The molecule has 386 valence electrons. The normalized spacial score (nSPS) is 17.6. The Morgan fingerprint density at radius 1 is 0.757 bits per heavy atom. The number of piperidine rings is 2. The molecule has 10 rings (SSSR count). The van der Waals surface area contributed by atoms with Crippen LogP contribution in [0.25, 0.3) is 21.9 Å². The van der Waals surface area contributed by atoms with Crippen molar-refractivity contribution < 1.29 is 28.2 Å². The van der Waals surface area contributed by atoms with E-state index in [-0.39, 0.29) is 35.1 Å². The third kappa shape index (κ3) is 11.7. The summed E-state index contributed by atoms with van der Waals surface area (Å²) in [5.74, 6) is -1.11. The number of halogens is 1. The first kappa shape index (κ1) is 50.7. The molecule has 0 saturated carbocycles. The van der Waals surface area contributed by atoms with Crippen molar-refractivity contribution in [2.75, 3.05) is 84.0 Å². The van der Waals surface area contributed by atoms with Gasteiger partial charge in [-0.1, -0.05) is 85.3 Å². The van der Waals surface area contributed by atoms with Gasteiger partial charge in [0.1, 0.15) is 5.82 Å². The second kappa shape index (κ2) is 22.7. The monoisotopic (exact) mass is 1000 g/mol. The Labute approximate surface area is 431 Å². The number of H-pyrrole nitrogens is 1. The third-order valence-electron chi connectivity index (χ3n) is 15.1. The predicted octanol–water partition coefficient (Wildman–Crippen LogP) is 6.63. The third-order valence-corrected chi connectivity index (χ3v) is 15.1. The molecule has 4 saturated heterocycles. The molecule has 74 heavy (non-hydrogen) atoms. The molecule has 4 aromatic carbocycles. The molecule has 16 heteroatoms. The Morgan fingerprint density at radius 2 is 1.46 bits per heavy atom. The van der Waals surface area contributed by atoms with E-state index in [9.17, 15) is 19.2 Å². The van der Waals surface area contributed by atoms with Gasteiger partial charge in [0.15, 0.2) is 5.69 Å². The molecule has 0 unspecified atom stereocenters. The highest BCUT2D eigenvalue weighted by Crippen LogP contribution is 2.32. The molecule has 0 radical (unpaired) electrons. The number of aryl methyl sites for hydroxylation is 2. The number of hydrogen-bond acceptors (Lipinski definition) is 11. The van der Waals surface area contributed by atoms with E-state index in [2.05, 4.69) is 94.2 Å². The minimum atomic E-state index is -0.609. The van der Waals surface area contributed by atoms with Crippen LogP contribution in [0.3, 0.4) is 0 Å². The smallest absolute Gasteiger partial charge is 0.274 e. The van der Waals surface area contributed by atoms with Crippen LogP contribution >= 0.6 is 0 Å². The summed E-state index contributed by atoms with van der Waals surface area (Å²) in [5, 5.41) is 15.4. The summed E-state index contributed by atoms with van der Waals surface area (Å²) in [4.78, 5) is 66.2. The number of likely N-dealkylation sites (tertiary alicyclic amines) is 2. The molecule has 0 aliphatic carbocycles. The summed E-state index contributed by atoms with van der Waals surface area (Å²) < 4.78 is 27.6. The summed E-state index contributed by atoms with van der Waals surface area (Å²) in [6.45, 7) is 10.9. The predicted molar refractivity (Wildman–Crippen MR) is 283 cm³/mol. The van der Waals surface area contributed by atoms with Gasteiger partial charge in [-0.15, -0.1) is 0 Å². The van der Waals surface area contributed by atoms with E-state index < -0.39 is 17.3 Å². The van der Waals surface area contributed by atoms with Gasteiger partial charge in [0.2, 0.25) is 5.91 Å². The van der Waals surface area contributed by atoms with Gasteiger partial charge in [-0.2, -0.15) is 5.10 Å². The lowest BCUT2D eigenvalue weighted by molar-refractivity contribution is -0.135. The van der Waals surface area contributed by atoms with E-state index in [1.165, 1.54) is 22.8 Å². The van der Waals surface area contributed by atoms with Gasteiger partial charge in [-0.05, 0) is 85.5 Å². The topological polar surface area (TPSA) is 165 Å². The number of pyridine rings is 1. The minimum absolute atomic E-state index is 0.0153. The van der Waals surface area contributed by atoms with E-state index in [0.717, 1.165) is 62.9 Å². The Kier molecular flexibility index (Phi) is 15.6. The molecule has 0 bridgehead atoms. The molecule has 6 aromatic rings. The number of carbonyl (C=O) groups excluding carboxylic acids is 3. The number of rotatable bonds is 16. The first-order chi connectivity index (χ1) is 36.0. The molecule has 3 amide bonds. The maximum Gasteiger partial charge on any atom is 0.274 e. The Bertz CT molecular complexity index is 3050. The number of hydrogen-bond donors (Lipinski definition) is 3. The first-order valence-electron chi connectivity index (χ1n) is 26.2. The van der Waals surface area contributed by atoms with Crippen molar-refractivity contribution in [3.05, 3.63) is 159 Å². The van der Waals surface area contributed by atoms with Crippen LogP contribution in [0.4, 0.5) is 10.1 Å². The van der Waals surface area contributed by atoms with E-state index in [1.807, 2.05) is 23.2 Å². The lowest BCUT2D eigenvalue weighted by Crippen LogP contribution is -2.61. The zero-order valence-corrected chi connectivity index (χ0v) is 42.4. The van der Waals surface area contributed by atoms with Crippen LogP contribution in [-0.4, -0.2) is 149 Å². The van der Waals surface area contributed by atoms with Gasteiger partial charge in [0.25, 0.3) is 17.4 Å². The van der Waals surface area contributed by atoms with Crippen molar-refractivity contribution in [3.63, 3.8) is 0 Å². The number of benzene rings is 4. The molecule has 4 fully saturated rings. The molecule has 0 atom stereocenters. The van der Waals surface area contributed by atoms with Crippen LogP contribution in [0, 0.1) is 12.7 Å². The summed E-state index contributed by atoms with van der Waals surface area (Å²) in [5.41, 5.74) is 7.41. The van der Waals surface area contributed by atoms with Crippen molar-refractivity contribution >= 4 is 34.2 Å². The number of nitrogens with zero attached hydrogens (tertiary/aromatic N) is 6. The second-order valence-electron chi connectivity index (χ2n) is 20.5. The highest BCUT2D eigenvalue weighted by atomic mass is 19.1.